The maximum absolute atomic E-state index is 13.2. The fourth-order valence-corrected chi connectivity index (χ4v) is 3.60. The molecule has 3 rings (SSSR count). The number of rotatable bonds is 5. The average Bonchev–Trinajstić information content (AvgIpc) is 3.10. The molecule has 1 aliphatic rings. The molecule has 134 valence electrons. The van der Waals surface area contributed by atoms with Gasteiger partial charge >= 0.3 is 0 Å². The SMILES string of the molecule is Cl.NC(C(=O)NCC1(c2ccc(F)cc2)CCCC1)c1ccccc1. The Morgan fingerprint density at radius 2 is 1.68 bits per heavy atom. The van der Waals surface area contributed by atoms with E-state index in [1.54, 1.807) is 0 Å². The van der Waals surface area contributed by atoms with Gasteiger partial charge in [0.15, 0.2) is 0 Å². The molecule has 1 unspecified atom stereocenters. The summed E-state index contributed by atoms with van der Waals surface area (Å²) in [5.74, 6) is -0.406. The highest BCUT2D eigenvalue weighted by Gasteiger charge is 2.36. The number of carbonyl (C=O) groups is 1. The minimum atomic E-state index is -0.669. The second kappa shape index (κ2) is 8.45. The second-order valence-electron chi connectivity index (χ2n) is 6.60. The van der Waals surface area contributed by atoms with Crippen molar-refractivity contribution in [2.75, 3.05) is 6.54 Å². The highest BCUT2D eigenvalue weighted by atomic mass is 35.5. The minimum Gasteiger partial charge on any atom is -0.354 e. The van der Waals surface area contributed by atoms with Crippen LogP contribution in [0.2, 0.25) is 0 Å². The Morgan fingerprint density at radius 3 is 2.28 bits per heavy atom. The molecule has 2 aromatic rings. The average molecular weight is 363 g/mol. The van der Waals surface area contributed by atoms with Gasteiger partial charge in [-0.2, -0.15) is 0 Å². The highest BCUT2D eigenvalue weighted by Crippen LogP contribution is 2.40. The normalized spacial score (nSPS) is 16.7. The lowest BCUT2D eigenvalue weighted by Crippen LogP contribution is -2.42. The smallest absolute Gasteiger partial charge is 0.241 e. The van der Waals surface area contributed by atoms with Gasteiger partial charge in [0.2, 0.25) is 5.91 Å². The summed E-state index contributed by atoms with van der Waals surface area (Å²) in [6.07, 6.45) is 4.24. The summed E-state index contributed by atoms with van der Waals surface area (Å²) < 4.78 is 13.2. The van der Waals surface area contributed by atoms with E-state index in [1.807, 2.05) is 42.5 Å². The lowest BCUT2D eigenvalue weighted by atomic mass is 9.78. The van der Waals surface area contributed by atoms with Crippen molar-refractivity contribution >= 4 is 18.3 Å². The Morgan fingerprint density at radius 1 is 1.08 bits per heavy atom. The van der Waals surface area contributed by atoms with Gasteiger partial charge in [-0.3, -0.25) is 4.79 Å². The first-order valence-corrected chi connectivity index (χ1v) is 8.45. The van der Waals surface area contributed by atoms with E-state index in [1.165, 1.54) is 12.1 Å². The lowest BCUT2D eigenvalue weighted by Gasteiger charge is -2.30. The Bertz CT molecular complexity index is 685. The van der Waals surface area contributed by atoms with Crippen LogP contribution in [0.4, 0.5) is 4.39 Å². The molecule has 2 aromatic carbocycles. The molecular formula is C20H24ClFN2O. The molecule has 0 saturated heterocycles. The fourth-order valence-electron chi connectivity index (χ4n) is 3.60. The van der Waals surface area contributed by atoms with Gasteiger partial charge in [-0.25, -0.2) is 4.39 Å². The van der Waals surface area contributed by atoms with E-state index < -0.39 is 6.04 Å². The first-order chi connectivity index (χ1) is 11.6. The largest absolute Gasteiger partial charge is 0.354 e. The third kappa shape index (κ3) is 4.39. The zero-order chi connectivity index (χ0) is 17.0. The lowest BCUT2D eigenvalue weighted by molar-refractivity contribution is -0.122. The zero-order valence-electron chi connectivity index (χ0n) is 14.1. The molecule has 1 saturated carbocycles. The molecule has 1 fully saturated rings. The summed E-state index contributed by atoms with van der Waals surface area (Å²) in [5.41, 5.74) is 7.85. The Balaban J connectivity index is 0.00000225. The molecule has 0 aliphatic heterocycles. The van der Waals surface area contributed by atoms with E-state index >= 15 is 0 Å². The topological polar surface area (TPSA) is 55.1 Å². The van der Waals surface area contributed by atoms with Crippen molar-refractivity contribution in [1.29, 1.82) is 0 Å². The van der Waals surface area contributed by atoms with Crippen molar-refractivity contribution in [2.24, 2.45) is 5.73 Å². The minimum absolute atomic E-state index is 0. The number of hydrogen-bond donors (Lipinski definition) is 2. The summed E-state index contributed by atoms with van der Waals surface area (Å²) in [6.45, 7) is 0.540. The molecule has 3 nitrogen and oxygen atoms in total. The van der Waals surface area contributed by atoms with Gasteiger partial charge in [0, 0.05) is 12.0 Å². The van der Waals surface area contributed by atoms with E-state index in [4.69, 9.17) is 5.73 Å². The van der Waals surface area contributed by atoms with Gasteiger partial charge in [0.1, 0.15) is 11.9 Å². The van der Waals surface area contributed by atoms with Crippen LogP contribution in [0.1, 0.15) is 42.9 Å². The number of nitrogens with two attached hydrogens (primary N) is 1. The maximum atomic E-state index is 13.2. The molecule has 0 heterocycles. The summed E-state index contributed by atoms with van der Waals surface area (Å²) in [7, 11) is 0. The second-order valence-corrected chi connectivity index (χ2v) is 6.60. The van der Waals surface area contributed by atoms with Crippen molar-refractivity contribution < 1.29 is 9.18 Å². The maximum Gasteiger partial charge on any atom is 0.241 e. The van der Waals surface area contributed by atoms with E-state index in [0.717, 1.165) is 36.8 Å². The summed E-state index contributed by atoms with van der Waals surface area (Å²) in [5, 5.41) is 3.02. The first kappa shape index (κ1) is 19.4. The van der Waals surface area contributed by atoms with Crippen molar-refractivity contribution in [2.45, 2.75) is 37.1 Å². The molecule has 1 aliphatic carbocycles. The molecule has 1 amide bonds. The van der Waals surface area contributed by atoms with Gasteiger partial charge in [-0.05, 0) is 36.1 Å². The quantitative estimate of drug-likeness (QED) is 0.848. The van der Waals surface area contributed by atoms with Gasteiger partial charge in [-0.15, -0.1) is 12.4 Å². The molecule has 0 bridgehead atoms. The molecule has 25 heavy (non-hydrogen) atoms. The predicted molar refractivity (Wildman–Crippen MR) is 100 cm³/mol. The van der Waals surface area contributed by atoms with Gasteiger partial charge in [0.05, 0.1) is 0 Å². The number of nitrogens with one attached hydrogen (secondary N) is 1. The summed E-state index contributed by atoms with van der Waals surface area (Å²) in [4.78, 5) is 12.4. The monoisotopic (exact) mass is 362 g/mol. The predicted octanol–water partition coefficient (Wildman–Crippen LogP) is 3.88. The van der Waals surface area contributed by atoms with Gasteiger partial charge in [0.25, 0.3) is 0 Å². The van der Waals surface area contributed by atoms with Crippen LogP contribution in [0.25, 0.3) is 0 Å². The number of carbonyl (C=O) groups excluding carboxylic acids is 1. The van der Waals surface area contributed by atoms with Crippen LogP contribution in [-0.4, -0.2) is 12.5 Å². The van der Waals surface area contributed by atoms with Crippen LogP contribution in [-0.2, 0) is 10.2 Å². The van der Waals surface area contributed by atoms with Gasteiger partial charge in [-0.1, -0.05) is 55.3 Å². The molecule has 3 N–H and O–H groups in total. The molecule has 0 spiro atoms. The number of amides is 1. The molecule has 0 radical (unpaired) electrons. The standard InChI is InChI=1S/C20H23FN2O.ClH/c21-17-10-8-16(9-11-17)20(12-4-5-13-20)14-23-19(24)18(22)15-6-2-1-3-7-15;/h1-3,6-11,18H,4-5,12-14,22H2,(H,23,24);1H. The molecule has 1 atom stereocenters. The summed E-state index contributed by atoms with van der Waals surface area (Å²) in [6, 6.07) is 15.4. The van der Waals surface area contributed by atoms with Crippen LogP contribution in [0.15, 0.2) is 54.6 Å². The van der Waals surface area contributed by atoms with E-state index in [-0.39, 0.29) is 29.5 Å². The highest BCUT2D eigenvalue weighted by molar-refractivity contribution is 5.85. The van der Waals surface area contributed by atoms with Crippen LogP contribution < -0.4 is 11.1 Å². The van der Waals surface area contributed by atoms with E-state index in [0.29, 0.717) is 6.54 Å². The number of hydrogen-bond acceptors (Lipinski definition) is 2. The van der Waals surface area contributed by atoms with E-state index in [9.17, 15) is 9.18 Å². The number of benzene rings is 2. The molecular weight excluding hydrogens is 339 g/mol. The Kier molecular flexibility index (Phi) is 6.57. The van der Waals surface area contributed by atoms with Crippen LogP contribution in [0.5, 0.6) is 0 Å². The van der Waals surface area contributed by atoms with Crippen LogP contribution in [0.3, 0.4) is 0 Å². The summed E-state index contributed by atoms with van der Waals surface area (Å²) >= 11 is 0. The number of halogens is 2. The van der Waals surface area contributed by atoms with Crippen LogP contribution >= 0.6 is 12.4 Å². The molecule has 0 aromatic heterocycles. The van der Waals surface area contributed by atoms with Crippen molar-refractivity contribution in [1.82, 2.24) is 5.32 Å². The van der Waals surface area contributed by atoms with Crippen LogP contribution in [0, 0.1) is 5.82 Å². The Labute approximate surface area is 154 Å². The zero-order valence-corrected chi connectivity index (χ0v) is 14.9. The van der Waals surface area contributed by atoms with E-state index in [2.05, 4.69) is 5.32 Å². The Hall–Kier alpha value is -1.91. The van der Waals surface area contributed by atoms with Crippen molar-refractivity contribution in [3.8, 4) is 0 Å². The first-order valence-electron chi connectivity index (χ1n) is 8.45. The fraction of sp³-hybridized carbons (Fsp3) is 0.350. The van der Waals surface area contributed by atoms with Gasteiger partial charge < -0.3 is 11.1 Å². The van der Waals surface area contributed by atoms with Crippen molar-refractivity contribution in [3.63, 3.8) is 0 Å². The van der Waals surface area contributed by atoms with Crippen molar-refractivity contribution in [3.05, 3.63) is 71.5 Å². The third-order valence-electron chi connectivity index (χ3n) is 5.06. The third-order valence-corrected chi connectivity index (χ3v) is 5.06. The molecule has 5 heteroatoms.